The molecule has 0 N–H and O–H groups in total. The highest BCUT2D eigenvalue weighted by Gasteiger charge is 2.34. The molecule has 9 heteroatoms. The van der Waals surface area contributed by atoms with Gasteiger partial charge in [0, 0.05) is 11.8 Å². The number of aromatic nitrogens is 1. The maximum atomic E-state index is 12.7. The first-order valence-electron chi connectivity index (χ1n) is 4.34. The first kappa shape index (κ1) is 14.9. The summed E-state index contributed by atoms with van der Waals surface area (Å²) in [6.45, 7) is 0. The maximum absolute atomic E-state index is 12.7. The van der Waals surface area contributed by atoms with Gasteiger partial charge in [0.15, 0.2) is 0 Å². The monoisotopic (exact) mass is 378 g/mol. The van der Waals surface area contributed by atoms with Gasteiger partial charge in [-0.05, 0) is 28.2 Å². The molecule has 0 aliphatic rings. The number of hydrogen-bond donors (Lipinski definition) is 0. The van der Waals surface area contributed by atoms with E-state index < -0.39 is 27.8 Å². The molecule has 0 bridgehead atoms. The van der Waals surface area contributed by atoms with Crippen molar-refractivity contribution in [2.75, 3.05) is 0 Å². The summed E-state index contributed by atoms with van der Waals surface area (Å²) in [5.41, 5.74) is -0.780. The Morgan fingerprint density at radius 3 is 2.50 bits per heavy atom. The molecular weight excluding hydrogens is 374 g/mol. The van der Waals surface area contributed by atoms with Crippen molar-refractivity contribution in [3.8, 4) is 11.9 Å². The molecule has 0 spiro atoms. The fourth-order valence-electron chi connectivity index (χ4n) is 1.16. The van der Waals surface area contributed by atoms with E-state index in [4.69, 9.17) is 5.26 Å². The number of nitriles is 1. The van der Waals surface area contributed by atoms with Gasteiger partial charge in [-0.3, -0.25) is 0 Å². The van der Waals surface area contributed by atoms with Crippen LogP contribution in [0.1, 0.15) is 17.6 Å². The Morgan fingerprint density at radius 1 is 1.44 bits per heavy atom. The van der Waals surface area contributed by atoms with Crippen LogP contribution in [0.4, 0.5) is 22.0 Å². The Bertz CT molecular complexity index is 483. The van der Waals surface area contributed by atoms with Crippen LogP contribution in [0.3, 0.4) is 0 Å². The van der Waals surface area contributed by atoms with E-state index in [0.717, 1.165) is 6.20 Å². The van der Waals surface area contributed by atoms with Crippen LogP contribution in [0.25, 0.3) is 0 Å². The van der Waals surface area contributed by atoms with Crippen LogP contribution in [-0.2, 0) is 6.42 Å². The summed E-state index contributed by atoms with van der Waals surface area (Å²) < 4.78 is 64.6. The molecule has 98 valence electrons. The third kappa shape index (κ3) is 3.66. The van der Waals surface area contributed by atoms with Gasteiger partial charge in [0.25, 0.3) is 6.43 Å². The van der Waals surface area contributed by atoms with E-state index in [2.05, 4.69) is 9.72 Å². The highest BCUT2D eigenvalue weighted by Crippen LogP contribution is 2.34. The second kappa shape index (κ2) is 5.64. The van der Waals surface area contributed by atoms with Crippen molar-refractivity contribution in [1.82, 2.24) is 4.98 Å². The minimum atomic E-state index is -5.01. The van der Waals surface area contributed by atoms with Crippen molar-refractivity contribution in [1.29, 1.82) is 5.26 Å². The number of ether oxygens (including phenoxy) is 1. The smallest absolute Gasteiger partial charge is 0.387 e. The number of pyridine rings is 1. The van der Waals surface area contributed by atoms with E-state index in [-0.39, 0.29) is 12.0 Å². The molecule has 1 rings (SSSR count). The molecule has 18 heavy (non-hydrogen) atoms. The summed E-state index contributed by atoms with van der Waals surface area (Å²) in [6.07, 6.45) is -7.61. The second-order valence-electron chi connectivity index (χ2n) is 3.00. The van der Waals surface area contributed by atoms with Crippen LogP contribution >= 0.6 is 22.6 Å². The molecule has 0 saturated heterocycles. The second-order valence-corrected chi connectivity index (χ2v) is 4.08. The number of hydrogen-bond acceptors (Lipinski definition) is 3. The van der Waals surface area contributed by atoms with E-state index in [1.54, 1.807) is 6.07 Å². The van der Waals surface area contributed by atoms with Gasteiger partial charge in [-0.2, -0.15) is 5.26 Å². The van der Waals surface area contributed by atoms with E-state index in [0.29, 0.717) is 0 Å². The minimum absolute atomic E-state index is 0.119. The van der Waals surface area contributed by atoms with Crippen LogP contribution in [0.15, 0.2) is 6.20 Å². The molecule has 3 nitrogen and oxygen atoms in total. The zero-order chi connectivity index (χ0) is 13.9. The zero-order valence-corrected chi connectivity index (χ0v) is 10.6. The number of halogens is 6. The summed E-state index contributed by atoms with van der Waals surface area (Å²) in [6, 6.07) is 1.63. The van der Waals surface area contributed by atoms with E-state index >= 15 is 0 Å². The third-order valence-electron chi connectivity index (χ3n) is 1.81. The molecule has 0 amide bonds. The zero-order valence-electron chi connectivity index (χ0n) is 8.43. The van der Waals surface area contributed by atoms with Gasteiger partial charge in [0.05, 0.1) is 16.1 Å². The van der Waals surface area contributed by atoms with Crippen LogP contribution < -0.4 is 4.74 Å². The van der Waals surface area contributed by atoms with Crippen molar-refractivity contribution < 1.29 is 26.7 Å². The first-order valence-corrected chi connectivity index (χ1v) is 5.42. The molecule has 0 aromatic carbocycles. The normalized spacial score (nSPS) is 11.4. The molecule has 0 atom stereocenters. The third-order valence-corrected chi connectivity index (χ3v) is 2.85. The predicted molar refractivity (Wildman–Crippen MR) is 57.9 cm³/mol. The fraction of sp³-hybridized carbons (Fsp3) is 0.333. The lowest BCUT2D eigenvalue weighted by molar-refractivity contribution is -0.276. The molecule has 0 fully saturated rings. The van der Waals surface area contributed by atoms with Crippen LogP contribution in [-0.4, -0.2) is 11.3 Å². The Balaban J connectivity index is 3.27. The fourth-order valence-corrected chi connectivity index (χ4v) is 1.99. The average molecular weight is 378 g/mol. The highest BCUT2D eigenvalue weighted by molar-refractivity contribution is 14.1. The van der Waals surface area contributed by atoms with Gasteiger partial charge in [-0.15, -0.1) is 13.2 Å². The van der Waals surface area contributed by atoms with Crippen molar-refractivity contribution in [3.63, 3.8) is 0 Å². The molecule has 1 heterocycles. The highest BCUT2D eigenvalue weighted by atomic mass is 127. The van der Waals surface area contributed by atoms with Crippen molar-refractivity contribution in [3.05, 3.63) is 20.9 Å². The molecular formula is C9H4F5IN2O. The molecule has 0 aliphatic heterocycles. The Hall–Kier alpha value is -1.18. The standard InChI is InChI=1S/C9H4F5IN2O/c10-7(11)5-4(1-2-16)3-17-8(6(5)15)18-9(12,13)14/h3,7H,1H2. The number of rotatable bonds is 3. The lowest BCUT2D eigenvalue weighted by Crippen LogP contribution is -2.19. The molecule has 0 aliphatic carbocycles. The SMILES string of the molecule is N#CCc1cnc(OC(F)(F)F)c(I)c1C(F)F. The van der Waals surface area contributed by atoms with Gasteiger partial charge in [-0.1, -0.05) is 0 Å². The summed E-state index contributed by atoms with van der Waals surface area (Å²) in [5, 5.41) is 8.44. The van der Waals surface area contributed by atoms with Crippen LogP contribution in [0.2, 0.25) is 0 Å². The maximum Gasteiger partial charge on any atom is 0.574 e. The van der Waals surface area contributed by atoms with Gasteiger partial charge >= 0.3 is 6.36 Å². The molecule has 0 radical (unpaired) electrons. The number of alkyl halides is 5. The quantitative estimate of drug-likeness (QED) is 0.597. The van der Waals surface area contributed by atoms with Gasteiger partial charge < -0.3 is 4.74 Å². The van der Waals surface area contributed by atoms with Gasteiger partial charge in [0.2, 0.25) is 5.88 Å². The lowest BCUT2D eigenvalue weighted by atomic mass is 10.1. The van der Waals surface area contributed by atoms with Crippen LogP contribution in [0.5, 0.6) is 5.88 Å². The molecule has 1 aromatic heterocycles. The first-order chi connectivity index (χ1) is 8.26. The largest absolute Gasteiger partial charge is 0.574 e. The topological polar surface area (TPSA) is 45.9 Å². The lowest BCUT2D eigenvalue weighted by Gasteiger charge is -2.14. The number of nitrogens with zero attached hydrogens (tertiary/aromatic N) is 2. The van der Waals surface area contributed by atoms with Gasteiger partial charge in [-0.25, -0.2) is 13.8 Å². The van der Waals surface area contributed by atoms with E-state index in [1.807, 2.05) is 0 Å². The molecule has 1 aromatic rings. The Kier molecular flexibility index (Phi) is 4.66. The molecule has 0 saturated carbocycles. The van der Waals surface area contributed by atoms with Crippen molar-refractivity contribution >= 4 is 22.6 Å². The van der Waals surface area contributed by atoms with Crippen molar-refractivity contribution in [2.24, 2.45) is 0 Å². The average Bonchev–Trinajstić information content (AvgIpc) is 2.20. The minimum Gasteiger partial charge on any atom is -0.387 e. The van der Waals surface area contributed by atoms with E-state index in [9.17, 15) is 22.0 Å². The van der Waals surface area contributed by atoms with Crippen molar-refractivity contribution in [2.45, 2.75) is 19.2 Å². The molecule has 0 unspecified atom stereocenters. The Labute approximate surface area is 112 Å². The summed E-state index contributed by atoms with van der Waals surface area (Å²) >= 11 is 1.28. The Morgan fingerprint density at radius 2 is 2.06 bits per heavy atom. The van der Waals surface area contributed by atoms with Crippen LogP contribution in [0, 0.1) is 14.9 Å². The summed E-state index contributed by atoms with van der Waals surface area (Å²) in [5.74, 6) is -0.944. The predicted octanol–water partition coefficient (Wildman–Crippen LogP) is 3.59. The van der Waals surface area contributed by atoms with Gasteiger partial charge in [0.1, 0.15) is 0 Å². The summed E-state index contributed by atoms with van der Waals surface area (Å²) in [7, 11) is 0. The summed E-state index contributed by atoms with van der Waals surface area (Å²) in [4.78, 5) is 3.29. The van der Waals surface area contributed by atoms with E-state index in [1.165, 1.54) is 22.6 Å².